The first kappa shape index (κ1) is 41.1. The fourth-order valence-electron chi connectivity index (χ4n) is 3.21. The van der Waals surface area contributed by atoms with Gasteiger partial charge in [-0.1, -0.05) is 0 Å². The fourth-order valence-corrected chi connectivity index (χ4v) is 3.21. The minimum atomic E-state index is -7.04. The molecule has 6 nitrogen and oxygen atoms in total. The molecule has 0 spiro atoms. The number of hydrogen-bond acceptors (Lipinski definition) is 6. The summed E-state index contributed by atoms with van der Waals surface area (Å²) in [5, 5.41) is 0. The van der Waals surface area contributed by atoms with Gasteiger partial charge in [-0.15, -0.1) is 0 Å². The van der Waals surface area contributed by atoms with Crippen LogP contribution in [-0.2, 0) is 18.9 Å². The Morgan fingerprint density at radius 2 is 0.646 bits per heavy atom. The first-order valence-electron chi connectivity index (χ1n) is 11.2. The summed E-state index contributed by atoms with van der Waals surface area (Å²) >= 11 is 0. The molecule has 2 rings (SSSR count). The third-order valence-corrected chi connectivity index (χ3v) is 5.35. The van der Waals surface area contributed by atoms with Crippen LogP contribution in [0.15, 0.2) is 23.4 Å². The second-order valence-electron chi connectivity index (χ2n) is 8.75. The monoisotopic (exact) mass is 772 g/mol. The van der Waals surface area contributed by atoms with Gasteiger partial charge in [-0.2, -0.15) is 105 Å². The van der Waals surface area contributed by atoms with Crippen LogP contribution < -0.4 is 0 Å². The lowest BCUT2D eigenvalue weighted by Gasteiger charge is -2.47. The zero-order valence-corrected chi connectivity index (χ0v) is 21.4. The third kappa shape index (κ3) is 6.72. The molecule has 0 N–H and O–H groups in total. The van der Waals surface area contributed by atoms with E-state index >= 15 is 0 Å². The summed E-state index contributed by atoms with van der Waals surface area (Å²) in [5.41, 5.74) is 0. The molecule has 0 bridgehead atoms. The molecule has 0 amide bonds. The molecule has 2 fully saturated rings. The maximum absolute atomic E-state index is 14.3. The largest absolute Gasteiger partial charge is 0.486 e. The number of halogens is 24. The first-order chi connectivity index (χ1) is 21.0. The molecule has 0 atom stereocenters. The smallest absolute Gasteiger partial charge is 0.453 e. The maximum Gasteiger partial charge on any atom is 0.453 e. The van der Waals surface area contributed by atoms with Crippen molar-refractivity contribution < 1.29 is 124 Å². The van der Waals surface area contributed by atoms with Crippen molar-refractivity contribution in [3.8, 4) is 0 Å². The molecular weight excluding hydrogens is 764 g/mol. The van der Waals surface area contributed by atoms with E-state index in [2.05, 4.69) is 9.47 Å². The number of alkyl halides is 22. The van der Waals surface area contributed by atoms with Gasteiger partial charge in [0.25, 0.3) is 11.5 Å². The lowest BCUT2D eigenvalue weighted by Crippen LogP contribution is -2.73. The summed E-state index contributed by atoms with van der Waals surface area (Å²) in [6.07, 6.45) is -43.5. The number of nitrogens with zero attached hydrogens (tertiary/aromatic N) is 2. The minimum Gasteiger partial charge on any atom is -0.486 e. The lowest BCUT2D eigenvalue weighted by molar-refractivity contribution is -0.559. The maximum atomic E-state index is 14.3. The van der Waals surface area contributed by atoms with Gasteiger partial charge in [0, 0.05) is 0 Å². The zero-order valence-electron chi connectivity index (χ0n) is 21.4. The van der Waals surface area contributed by atoms with Crippen molar-refractivity contribution in [1.82, 2.24) is 9.80 Å². The van der Waals surface area contributed by atoms with Gasteiger partial charge in [-0.05, 0) is 12.8 Å². The zero-order chi connectivity index (χ0) is 38.1. The Morgan fingerprint density at radius 3 is 0.833 bits per heavy atom. The molecule has 30 heteroatoms. The van der Waals surface area contributed by atoms with Gasteiger partial charge in [-0.25, -0.2) is 19.3 Å². The van der Waals surface area contributed by atoms with Gasteiger partial charge in [-0.3, -0.25) is 0 Å². The van der Waals surface area contributed by atoms with E-state index in [1.807, 2.05) is 9.47 Å². The van der Waals surface area contributed by atoms with Crippen molar-refractivity contribution in [3.63, 3.8) is 0 Å². The van der Waals surface area contributed by atoms with Crippen LogP contribution in [0.5, 0.6) is 0 Å². The quantitative estimate of drug-likeness (QED) is 0.101. The topological polar surface area (TPSA) is 43.4 Å². The highest BCUT2D eigenvalue weighted by atomic mass is 19.4. The highest BCUT2D eigenvalue weighted by Crippen LogP contribution is 2.59. The number of unbranched alkanes of at least 4 members (excludes halogenated alkanes) is 1. The molecule has 2 aliphatic rings. The molecule has 0 radical (unpaired) electrons. The number of allylic oxidation sites excluding steroid dienone is 2. The van der Waals surface area contributed by atoms with E-state index in [1.165, 1.54) is 0 Å². The van der Waals surface area contributed by atoms with Gasteiger partial charge in [0.05, 0.1) is 13.2 Å². The molecule has 0 aromatic rings. The van der Waals surface area contributed by atoms with Crippen LogP contribution >= 0.6 is 0 Å². The fraction of sp³-hybridized carbons (Fsp3) is 0.778. The molecule has 0 aliphatic carbocycles. The average Bonchev–Trinajstić information content (AvgIpc) is 2.80. The van der Waals surface area contributed by atoms with Crippen molar-refractivity contribution in [2.24, 2.45) is 0 Å². The Labute approximate surface area is 245 Å². The Morgan fingerprint density at radius 1 is 0.438 bits per heavy atom. The van der Waals surface area contributed by atoms with Crippen LogP contribution in [0.1, 0.15) is 12.8 Å². The normalized spacial score (nSPS) is 26.3. The summed E-state index contributed by atoms with van der Waals surface area (Å²) in [4.78, 5) is -6.74. The Hall–Kier alpha value is -3.08. The van der Waals surface area contributed by atoms with E-state index in [-0.39, 0.29) is 0 Å². The van der Waals surface area contributed by atoms with E-state index in [0.717, 1.165) is 0 Å². The van der Waals surface area contributed by atoms with Crippen LogP contribution in [-0.4, -0.2) is 84.0 Å². The molecular formula is C18H8F24N2O4. The van der Waals surface area contributed by atoms with Crippen molar-refractivity contribution in [2.75, 3.05) is 13.2 Å². The minimum absolute atomic E-state index is 1.46. The molecule has 48 heavy (non-hydrogen) atoms. The number of morpholine rings is 2. The van der Waals surface area contributed by atoms with Gasteiger partial charge in [0.2, 0.25) is 11.9 Å². The third-order valence-electron chi connectivity index (χ3n) is 5.35. The Balaban J connectivity index is 2.34. The van der Waals surface area contributed by atoms with Crippen LogP contribution in [0.25, 0.3) is 0 Å². The molecule has 0 aromatic carbocycles. The van der Waals surface area contributed by atoms with Crippen molar-refractivity contribution in [1.29, 1.82) is 0 Å². The molecule has 0 aromatic heterocycles. The van der Waals surface area contributed by atoms with Crippen LogP contribution in [0.2, 0.25) is 0 Å². The highest BCUT2D eigenvalue weighted by Gasteiger charge is 2.85. The molecule has 0 saturated carbocycles. The van der Waals surface area contributed by atoms with Crippen LogP contribution in [0.3, 0.4) is 0 Å². The Kier molecular flexibility index (Phi) is 10.1. The second kappa shape index (κ2) is 11.8. The highest BCUT2D eigenvalue weighted by molar-refractivity contribution is 5.14. The standard InChI is InChI=1S/C18H8F24N2O4/c19-7(43-11(27,28)15(35,36)47-16(37,38)12(43,29)30)5(9(21,22)23)45-3-1-2-4-46-6(10(24,25)26)8(20)44-13(31,32)17(39,40)48-18(41,42)14(44,33)34/h1-4H2/b7-5-,8-6-. The van der Waals surface area contributed by atoms with E-state index < -0.39 is 120 Å². The van der Waals surface area contributed by atoms with Crippen molar-refractivity contribution >= 4 is 0 Å². The van der Waals surface area contributed by atoms with E-state index in [9.17, 15) is 105 Å². The van der Waals surface area contributed by atoms with E-state index in [1.54, 1.807) is 0 Å². The van der Waals surface area contributed by atoms with Crippen LogP contribution in [0.4, 0.5) is 105 Å². The van der Waals surface area contributed by atoms with E-state index in [4.69, 9.17) is 0 Å². The van der Waals surface area contributed by atoms with Gasteiger partial charge < -0.3 is 9.47 Å². The number of ether oxygens (including phenoxy) is 4. The second-order valence-corrected chi connectivity index (χ2v) is 8.75. The molecule has 0 unspecified atom stereocenters. The first-order valence-corrected chi connectivity index (χ1v) is 11.2. The van der Waals surface area contributed by atoms with Crippen molar-refractivity contribution in [2.45, 2.75) is 73.8 Å². The summed E-state index contributed by atoms with van der Waals surface area (Å²) in [6, 6.07) is -28.2. The lowest BCUT2D eigenvalue weighted by atomic mass is 10.2. The van der Waals surface area contributed by atoms with Crippen LogP contribution in [0, 0.1) is 0 Å². The summed E-state index contributed by atoms with van der Waals surface area (Å²) < 4.78 is 334. The number of rotatable bonds is 9. The summed E-state index contributed by atoms with van der Waals surface area (Å²) in [5.74, 6) is -16.3. The molecule has 282 valence electrons. The van der Waals surface area contributed by atoms with Gasteiger partial charge >= 0.3 is 61.0 Å². The molecule has 2 saturated heterocycles. The Bertz CT molecular complexity index is 1120. The summed E-state index contributed by atoms with van der Waals surface area (Å²) in [7, 11) is 0. The van der Waals surface area contributed by atoms with E-state index in [0.29, 0.717) is 0 Å². The predicted molar refractivity (Wildman–Crippen MR) is 94.9 cm³/mol. The summed E-state index contributed by atoms with van der Waals surface area (Å²) in [6.45, 7) is -3.99. The van der Waals surface area contributed by atoms with Gasteiger partial charge in [0.15, 0.2) is 0 Å². The van der Waals surface area contributed by atoms with Gasteiger partial charge in [0.1, 0.15) is 0 Å². The average molecular weight is 772 g/mol. The molecule has 2 heterocycles. The predicted octanol–water partition coefficient (Wildman–Crippen LogP) is 8.61. The van der Waals surface area contributed by atoms with Crippen molar-refractivity contribution in [3.05, 3.63) is 23.4 Å². The number of hydrogen-bond donors (Lipinski definition) is 0. The molecule has 2 aliphatic heterocycles. The SMILES string of the molecule is F/C(=C(/OCCCCO/C(=C(/F)N1C(F)(F)C(F)(F)OC(F)(F)C1(F)F)C(F)(F)F)C(F)(F)F)N1C(F)(F)C(F)(F)OC(F)(F)C1(F)F.